The number of carbonyl (C=O) groups is 2. The maximum Gasteiger partial charge on any atom is 0.328 e. The summed E-state index contributed by atoms with van der Waals surface area (Å²) in [5.74, 6) is -1.38. The molecule has 5 heteroatoms. The Balaban J connectivity index is 2.43. The second-order valence-corrected chi connectivity index (χ2v) is 3.10. The van der Waals surface area contributed by atoms with E-state index < -0.39 is 5.97 Å². The normalized spacial score (nSPS) is 21.8. The lowest BCUT2D eigenvalue weighted by Gasteiger charge is -2.13. The monoisotopic (exact) mass is 199 g/mol. The summed E-state index contributed by atoms with van der Waals surface area (Å²) >= 11 is 0. The number of nitrogens with zero attached hydrogens (tertiary/aromatic N) is 1. The van der Waals surface area contributed by atoms with Gasteiger partial charge in [-0.2, -0.15) is 0 Å². The molecule has 0 spiro atoms. The molecule has 0 aliphatic carbocycles. The van der Waals surface area contributed by atoms with Gasteiger partial charge < -0.3 is 14.7 Å². The van der Waals surface area contributed by atoms with Crippen LogP contribution in [0.15, 0.2) is 12.2 Å². The summed E-state index contributed by atoms with van der Waals surface area (Å²) in [6.07, 6.45) is 2.81. The molecule has 1 amide bonds. The van der Waals surface area contributed by atoms with Gasteiger partial charge in [-0.3, -0.25) is 4.79 Å². The number of rotatable bonds is 3. The van der Waals surface area contributed by atoms with E-state index in [9.17, 15) is 9.59 Å². The van der Waals surface area contributed by atoms with Gasteiger partial charge in [-0.15, -0.1) is 0 Å². The van der Waals surface area contributed by atoms with Gasteiger partial charge in [0.05, 0.1) is 6.10 Å². The summed E-state index contributed by atoms with van der Waals surface area (Å²) in [5, 5.41) is 8.32. The fourth-order valence-corrected chi connectivity index (χ4v) is 1.37. The third kappa shape index (κ3) is 2.85. The number of amides is 1. The van der Waals surface area contributed by atoms with Gasteiger partial charge in [0.15, 0.2) is 0 Å². The van der Waals surface area contributed by atoms with Crippen molar-refractivity contribution in [3.63, 3.8) is 0 Å². The highest BCUT2D eigenvalue weighted by Crippen LogP contribution is 2.11. The second kappa shape index (κ2) is 4.76. The van der Waals surface area contributed by atoms with Gasteiger partial charge in [0.1, 0.15) is 0 Å². The van der Waals surface area contributed by atoms with Crippen LogP contribution >= 0.6 is 0 Å². The number of carbonyl (C=O) groups excluding carboxylic acids is 1. The van der Waals surface area contributed by atoms with Gasteiger partial charge in [0.25, 0.3) is 0 Å². The Bertz CT molecular complexity index is 262. The van der Waals surface area contributed by atoms with Crippen molar-refractivity contribution < 1.29 is 19.4 Å². The van der Waals surface area contributed by atoms with Gasteiger partial charge in [-0.05, 0) is 6.42 Å². The zero-order chi connectivity index (χ0) is 10.6. The minimum atomic E-state index is -1.11. The molecule has 1 aliphatic rings. The lowest BCUT2D eigenvalue weighted by molar-refractivity contribution is -0.132. The van der Waals surface area contributed by atoms with Crippen LogP contribution in [0.3, 0.4) is 0 Å². The fourth-order valence-electron chi connectivity index (χ4n) is 1.37. The van der Waals surface area contributed by atoms with E-state index in [2.05, 4.69) is 0 Å². The zero-order valence-corrected chi connectivity index (χ0v) is 7.97. The first-order chi connectivity index (χ1) is 6.63. The number of aliphatic carboxylic acids is 1. The summed E-state index contributed by atoms with van der Waals surface area (Å²) in [4.78, 5) is 23.1. The molecule has 1 aliphatic heterocycles. The van der Waals surface area contributed by atoms with E-state index >= 15 is 0 Å². The summed E-state index contributed by atoms with van der Waals surface area (Å²) in [7, 11) is 1.60. The molecule has 1 N–H and O–H groups in total. The van der Waals surface area contributed by atoms with Crippen molar-refractivity contribution in [3.8, 4) is 0 Å². The van der Waals surface area contributed by atoms with Crippen molar-refractivity contribution in [2.24, 2.45) is 0 Å². The number of hydrogen-bond donors (Lipinski definition) is 1. The van der Waals surface area contributed by atoms with Crippen LogP contribution in [0.25, 0.3) is 0 Å². The SMILES string of the molecule is COC1CCN(C(=O)/C=C/C(=O)O)C1. The van der Waals surface area contributed by atoms with E-state index in [-0.39, 0.29) is 12.0 Å². The number of likely N-dealkylation sites (tertiary alicyclic amines) is 1. The van der Waals surface area contributed by atoms with Crippen LogP contribution < -0.4 is 0 Å². The molecule has 1 heterocycles. The Morgan fingerprint density at radius 1 is 1.50 bits per heavy atom. The third-order valence-electron chi connectivity index (χ3n) is 2.16. The molecule has 1 unspecified atom stereocenters. The van der Waals surface area contributed by atoms with Crippen LogP contribution in [0.5, 0.6) is 0 Å². The summed E-state index contributed by atoms with van der Waals surface area (Å²) in [6, 6.07) is 0. The van der Waals surface area contributed by atoms with E-state index in [1.807, 2.05) is 0 Å². The molecule has 0 aromatic carbocycles. The molecule has 0 saturated carbocycles. The van der Waals surface area contributed by atoms with Gasteiger partial charge >= 0.3 is 5.97 Å². The van der Waals surface area contributed by atoms with Crippen LogP contribution in [-0.4, -0.2) is 48.2 Å². The van der Waals surface area contributed by atoms with Crippen molar-refractivity contribution in [2.45, 2.75) is 12.5 Å². The fraction of sp³-hybridized carbons (Fsp3) is 0.556. The van der Waals surface area contributed by atoms with Crippen LogP contribution in [0.1, 0.15) is 6.42 Å². The van der Waals surface area contributed by atoms with E-state index in [1.165, 1.54) is 0 Å². The number of carboxylic acids is 1. The minimum Gasteiger partial charge on any atom is -0.478 e. The van der Waals surface area contributed by atoms with Crippen LogP contribution in [0, 0.1) is 0 Å². The molecule has 1 rings (SSSR count). The van der Waals surface area contributed by atoms with Gasteiger partial charge in [0, 0.05) is 32.4 Å². The maximum absolute atomic E-state index is 11.3. The number of methoxy groups -OCH3 is 1. The molecule has 1 atom stereocenters. The molecule has 0 aromatic heterocycles. The van der Waals surface area contributed by atoms with Crippen molar-refractivity contribution >= 4 is 11.9 Å². The van der Waals surface area contributed by atoms with Gasteiger partial charge in [0.2, 0.25) is 5.91 Å². The largest absolute Gasteiger partial charge is 0.478 e. The summed E-state index contributed by atoms with van der Waals surface area (Å²) in [5.41, 5.74) is 0. The predicted molar refractivity (Wildman–Crippen MR) is 48.8 cm³/mol. The molecule has 78 valence electrons. The van der Waals surface area contributed by atoms with Crippen LogP contribution in [-0.2, 0) is 14.3 Å². The van der Waals surface area contributed by atoms with Crippen molar-refractivity contribution in [2.75, 3.05) is 20.2 Å². The highest BCUT2D eigenvalue weighted by molar-refractivity contribution is 5.94. The summed E-state index contributed by atoms with van der Waals surface area (Å²) in [6.45, 7) is 1.17. The molecule has 14 heavy (non-hydrogen) atoms. The minimum absolute atomic E-state index is 0.0807. The lowest BCUT2D eigenvalue weighted by Crippen LogP contribution is -2.28. The predicted octanol–water partition coefficient (Wildman–Crippen LogP) is -0.126. The molecule has 0 aromatic rings. The van der Waals surface area contributed by atoms with Crippen molar-refractivity contribution in [3.05, 3.63) is 12.2 Å². The highest BCUT2D eigenvalue weighted by atomic mass is 16.5. The molecular weight excluding hydrogens is 186 g/mol. The van der Waals surface area contributed by atoms with Gasteiger partial charge in [-0.25, -0.2) is 4.79 Å². The Morgan fingerprint density at radius 2 is 2.21 bits per heavy atom. The Hall–Kier alpha value is -1.36. The Morgan fingerprint density at radius 3 is 2.71 bits per heavy atom. The molecule has 0 radical (unpaired) electrons. The lowest BCUT2D eigenvalue weighted by atomic mass is 10.3. The maximum atomic E-state index is 11.3. The quantitative estimate of drug-likeness (QED) is 0.643. The van der Waals surface area contributed by atoms with Crippen LogP contribution in [0.4, 0.5) is 0 Å². The number of ether oxygens (including phenoxy) is 1. The Kier molecular flexibility index (Phi) is 3.64. The smallest absolute Gasteiger partial charge is 0.328 e. The highest BCUT2D eigenvalue weighted by Gasteiger charge is 2.24. The topological polar surface area (TPSA) is 66.8 Å². The van der Waals surface area contributed by atoms with E-state index in [0.29, 0.717) is 13.1 Å². The molecular formula is C9H13NO4. The van der Waals surface area contributed by atoms with E-state index in [0.717, 1.165) is 18.6 Å². The Labute approximate surface area is 82.0 Å². The third-order valence-corrected chi connectivity index (χ3v) is 2.16. The van der Waals surface area contributed by atoms with Crippen molar-refractivity contribution in [1.82, 2.24) is 4.90 Å². The summed E-state index contributed by atoms with van der Waals surface area (Å²) < 4.78 is 5.08. The van der Waals surface area contributed by atoms with E-state index in [1.54, 1.807) is 12.0 Å². The molecule has 0 bridgehead atoms. The molecule has 1 fully saturated rings. The van der Waals surface area contributed by atoms with Crippen LogP contribution in [0.2, 0.25) is 0 Å². The second-order valence-electron chi connectivity index (χ2n) is 3.10. The molecule has 5 nitrogen and oxygen atoms in total. The number of hydrogen-bond acceptors (Lipinski definition) is 3. The first-order valence-corrected chi connectivity index (χ1v) is 4.36. The average Bonchev–Trinajstić information content (AvgIpc) is 2.62. The number of carboxylic acid groups (broad SMARTS) is 1. The first-order valence-electron chi connectivity index (χ1n) is 4.36. The van der Waals surface area contributed by atoms with E-state index in [4.69, 9.17) is 9.84 Å². The first kappa shape index (κ1) is 10.7. The average molecular weight is 199 g/mol. The molecule has 1 saturated heterocycles. The standard InChI is InChI=1S/C9H13NO4/c1-14-7-4-5-10(6-7)8(11)2-3-9(12)13/h2-3,7H,4-6H2,1H3,(H,12,13)/b3-2+. The van der Waals surface area contributed by atoms with Crippen molar-refractivity contribution in [1.29, 1.82) is 0 Å². The van der Waals surface area contributed by atoms with Gasteiger partial charge in [-0.1, -0.05) is 0 Å². The zero-order valence-electron chi connectivity index (χ0n) is 7.97.